The van der Waals surface area contributed by atoms with Crippen LogP contribution in [0.5, 0.6) is 5.75 Å². The van der Waals surface area contributed by atoms with E-state index in [0.717, 1.165) is 58.1 Å². The number of anilines is 4. The van der Waals surface area contributed by atoms with Gasteiger partial charge < -0.3 is 25.2 Å². The lowest BCUT2D eigenvalue weighted by atomic mass is 10.1. The van der Waals surface area contributed by atoms with Gasteiger partial charge in [0, 0.05) is 43.5 Å². The molecule has 37 heavy (non-hydrogen) atoms. The molecule has 1 aromatic heterocycles. The molecule has 2 N–H and O–H groups in total. The summed E-state index contributed by atoms with van der Waals surface area (Å²) in [6.45, 7) is 4.15. The van der Waals surface area contributed by atoms with E-state index in [1.165, 1.54) is 12.1 Å². The number of piperazine rings is 1. The van der Waals surface area contributed by atoms with Crippen LogP contribution >= 0.6 is 0 Å². The number of nitrogens with one attached hydrogen (secondary N) is 2. The van der Waals surface area contributed by atoms with Crippen LogP contribution in [0.1, 0.15) is 25.7 Å². The molecule has 0 spiro atoms. The molecule has 2 fully saturated rings. The molecule has 2 aromatic carbocycles. The quantitative estimate of drug-likeness (QED) is 0.509. The summed E-state index contributed by atoms with van der Waals surface area (Å²) in [5, 5.41) is 6.21. The third-order valence-electron chi connectivity index (χ3n) is 7.36. The average Bonchev–Trinajstić information content (AvgIpc) is 3.45. The highest BCUT2D eigenvalue weighted by Gasteiger charge is 2.30. The van der Waals surface area contributed by atoms with Gasteiger partial charge in [0.05, 0.1) is 24.1 Å². The van der Waals surface area contributed by atoms with E-state index in [2.05, 4.69) is 25.5 Å². The summed E-state index contributed by atoms with van der Waals surface area (Å²) in [6, 6.07) is 8.13. The van der Waals surface area contributed by atoms with Gasteiger partial charge in [-0.15, -0.1) is 0 Å². The first-order valence-electron chi connectivity index (χ1n) is 12.8. The molecular weight excluding hydrogens is 481 g/mol. The van der Waals surface area contributed by atoms with Crippen LogP contribution in [0.15, 0.2) is 36.5 Å². The van der Waals surface area contributed by atoms with Gasteiger partial charge in [-0.1, -0.05) is 12.8 Å². The van der Waals surface area contributed by atoms with Crippen molar-refractivity contribution in [3.63, 3.8) is 0 Å². The molecule has 0 unspecified atom stereocenters. The SMILES string of the molecule is Fc1cc(Nc2ncc(F)c(-c3cc(F)c4c(c3)N(C3CCCC3)CCO4)n2)ccc1N1CCNCC1. The largest absolute Gasteiger partial charge is 0.486 e. The van der Waals surface area contributed by atoms with Crippen molar-refractivity contribution in [2.45, 2.75) is 31.7 Å². The Morgan fingerprint density at radius 2 is 1.73 bits per heavy atom. The van der Waals surface area contributed by atoms with Gasteiger partial charge in [-0.25, -0.2) is 23.1 Å². The van der Waals surface area contributed by atoms with E-state index in [1.54, 1.807) is 18.2 Å². The van der Waals surface area contributed by atoms with Crippen LogP contribution in [0.4, 0.5) is 36.2 Å². The number of ether oxygens (including phenoxy) is 1. The van der Waals surface area contributed by atoms with E-state index >= 15 is 4.39 Å². The summed E-state index contributed by atoms with van der Waals surface area (Å²) in [4.78, 5) is 12.5. The minimum absolute atomic E-state index is 0.0333. The molecule has 1 aliphatic carbocycles. The molecule has 1 saturated carbocycles. The zero-order valence-corrected chi connectivity index (χ0v) is 20.4. The van der Waals surface area contributed by atoms with Crippen LogP contribution in [0.3, 0.4) is 0 Å². The summed E-state index contributed by atoms with van der Waals surface area (Å²) in [5.74, 6) is -1.29. The minimum atomic E-state index is -0.672. The molecule has 3 aromatic rings. The van der Waals surface area contributed by atoms with Gasteiger partial charge in [0.1, 0.15) is 18.1 Å². The third-order valence-corrected chi connectivity index (χ3v) is 7.36. The molecule has 7 nitrogen and oxygen atoms in total. The number of halogens is 3. The van der Waals surface area contributed by atoms with E-state index in [-0.39, 0.29) is 23.2 Å². The Morgan fingerprint density at radius 3 is 2.51 bits per heavy atom. The molecular formula is C27H29F3N6O. The fourth-order valence-electron chi connectivity index (χ4n) is 5.54. The Kier molecular flexibility index (Phi) is 6.50. The third kappa shape index (κ3) is 4.77. The van der Waals surface area contributed by atoms with Crippen molar-refractivity contribution in [2.75, 3.05) is 54.4 Å². The van der Waals surface area contributed by atoms with Gasteiger partial charge in [-0.05, 0) is 43.2 Å². The molecule has 6 rings (SSSR count). The summed E-state index contributed by atoms with van der Waals surface area (Å²) in [5.41, 5.74) is 1.87. The van der Waals surface area contributed by atoms with Gasteiger partial charge in [-0.2, -0.15) is 0 Å². The second-order valence-electron chi connectivity index (χ2n) is 9.70. The summed E-state index contributed by atoms with van der Waals surface area (Å²) in [7, 11) is 0. The van der Waals surface area contributed by atoms with Crippen molar-refractivity contribution in [3.05, 3.63) is 54.0 Å². The number of nitrogens with zero attached hydrogens (tertiary/aromatic N) is 4. The molecule has 3 aliphatic rings. The van der Waals surface area contributed by atoms with E-state index in [1.807, 2.05) is 4.90 Å². The first-order chi connectivity index (χ1) is 18.1. The van der Waals surface area contributed by atoms with Crippen LogP contribution in [0.25, 0.3) is 11.3 Å². The van der Waals surface area contributed by atoms with Gasteiger partial charge in [0.15, 0.2) is 17.4 Å². The Labute approximate surface area is 213 Å². The van der Waals surface area contributed by atoms with Gasteiger partial charge in [0.2, 0.25) is 5.95 Å². The molecule has 2 aliphatic heterocycles. The van der Waals surface area contributed by atoms with Gasteiger partial charge in [-0.3, -0.25) is 0 Å². The molecule has 1 saturated heterocycles. The normalized spacial score (nSPS) is 18.0. The zero-order valence-electron chi connectivity index (χ0n) is 20.4. The fraction of sp³-hybridized carbons (Fsp3) is 0.407. The van der Waals surface area contributed by atoms with E-state index in [4.69, 9.17) is 4.74 Å². The molecule has 194 valence electrons. The lowest BCUT2D eigenvalue weighted by molar-refractivity contribution is 0.285. The van der Waals surface area contributed by atoms with Crippen molar-refractivity contribution >= 4 is 23.0 Å². The molecule has 10 heteroatoms. The predicted molar refractivity (Wildman–Crippen MR) is 137 cm³/mol. The first kappa shape index (κ1) is 23.8. The zero-order chi connectivity index (χ0) is 25.4. The fourth-order valence-corrected chi connectivity index (χ4v) is 5.54. The smallest absolute Gasteiger partial charge is 0.227 e. The lowest BCUT2D eigenvalue weighted by Gasteiger charge is -2.36. The topological polar surface area (TPSA) is 65.5 Å². The van der Waals surface area contributed by atoms with Crippen LogP contribution in [0, 0.1) is 17.5 Å². The summed E-state index contributed by atoms with van der Waals surface area (Å²) >= 11 is 0. The van der Waals surface area contributed by atoms with Crippen molar-refractivity contribution in [1.29, 1.82) is 0 Å². The average molecular weight is 511 g/mol. The van der Waals surface area contributed by atoms with E-state index in [0.29, 0.717) is 41.8 Å². The van der Waals surface area contributed by atoms with Crippen molar-refractivity contribution in [2.24, 2.45) is 0 Å². The van der Waals surface area contributed by atoms with Crippen molar-refractivity contribution in [3.8, 4) is 17.0 Å². The second-order valence-corrected chi connectivity index (χ2v) is 9.70. The number of fused-ring (bicyclic) bond motifs is 1. The lowest BCUT2D eigenvalue weighted by Crippen LogP contribution is -2.43. The highest BCUT2D eigenvalue weighted by molar-refractivity contribution is 5.73. The highest BCUT2D eigenvalue weighted by atomic mass is 19.1. The van der Waals surface area contributed by atoms with Crippen LogP contribution < -0.4 is 25.2 Å². The molecule has 0 bridgehead atoms. The van der Waals surface area contributed by atoms with Gasteiger partial charge in [0.25, 0.3) is 0 Å². The molecule has 0 atom stereocenters. The standard InChI is InChI=1S/C27H29F3N6O/c28-20-15-18(5-6-23(20)35-9-7-31-8-10-35)33-27-32-16-22(30)25(34-27)17-13-21(29)26-24(14-17)36(11-12-37-26)19-3-1-2-4-19/h5-6,13-16,19,31H,1-4,7-12H2,(H,32,33,34). The van der Waals surface area contributed by atoms with E-state index in [9.17, 15) is 8.78 Å². The molecule has 0 radical (unpaired) electrons. The Bertz CT molecular complexity index is 1290. The van der Waals surface area contributed by atoms with Crippen molar-refractivity contribution < 1.29 is 17.9 Å². The van der Waals surface area contributed by atoms with Gasteiger partial charge >= 0.3 is 0 Å². The number of benzene rings is 2. The predicted octanol–water partition coefficient (Wildman–Crippen LogP) is 4.86. The number of hydrogen-bond donors (Lipinski definition) is 2. The Hall–Kier alpha value is -3.53. The first-order valence-corrected chi connectivity index (χ1v) is 12.8. The minimum Gasteiger partial charge on any atom is -0.486 e. The maximum absolute atomic E-state index is 15.1. The van der Waals surface area contributed by atoms with Crippen LogP contribution in [-0.2, 0) is 0 Å². The maximum atomic E-state index is 15.1. The van der Waals surface area contributed by atoms with Crippen LogP contribution in [0.2, 0.25) is 0 Å². The van der Waals surface area contributed by atoms with Crippen molar-refractivity contribution in [1.82, 2.24) is 15.3 Å². The maximum Gasteiger partial charge on any atom is 0.227 e. The number of rotatable bonds is 5. The number of hydrogen-bond acceptors (Lipinski definition) is 7. The molecule has 0 amide bonds. The summed E-state index contributed by atoms with van der Waals surface area (Å²) < 4.78 is 50.5. The highest BCUT2D eigenvalue weighted by Crippen LogP contribution is 2.41. The number of aromatic nitrogens is 2. The summed E-state index contributed by atoms with van der Waals surface area (Å²) in [6.07, 6.45) is 5.42. The molecule has 3 heterocycles. The monoisotopic (exact) mass is 510 g/mol. The van der Waals surface area contributed by atoms with Crippen LogP contribution in [-0.4, -0.2) is 55.3 Å². The van der Waals surface area contributed by atoms with E-state index < -0.39 is 11.6 Å². The Balaban J connectivity index is 1.28. The second kappa shape index (κ2) is 10.1. The Morgan fingerprint density at radius 1 is 0.919 bits per heavy atom.